The molecule has 2 rings (SSSR count). The number of esters is 1. The number of halogens is 1. The fourth-order valence-corrected chi connectivity index (χ4v) is 7.62. The van der Waals surface area contributed by atoms with E-state index in [-0.39, 0.29) is 22.2 Å². The molecule has 2 unspecified atom stereocenters. The van der Waals surface area contributed by atoms with E-state index in [1.165, 1.54) is 89.9 Å². The Balaban J connectivity index is 2.02. The maximum atomic E-state index is 16.1. The molecule has 0 bridgehead atoms. The summed E-state index contributed by atoms with van der Waals surface area (Å²) in [6, 6.07) is 11.8. The SMILES string of the molecule is CCCCCCCCCCCCCCCCCCOC(=O)C(C)c1cc(C(C)(C)CC)c(OP(F)Oc2ccccc2C(C)(C)CC)c(C(C)(C)CC)c1. The minimum Gasteiger partial charge on any atom is -0.465 e. The third kappa shape index (κ3) is 15.8. The topological polar surface area (TPSA) is 44.8 Å². The van der Waals surface area contributed by atoms with E-state index in [0.717, 1.165) is 54.4 Å². The molecular formula is C48H80FO4P. The molecule has 6 heteroatoms. The molecule has 0 aliphatic rings. The highest BCUT2D eigenvalue weighted by Crippen LogP contribution is 2.52. The summed E-state index contributed by atoms with van der Waals surface area (Å²) in [5, 5.41) is 0. The second-order valence-corrected chi connectivity index (χ2v) is 18.5. The highest BCUT2D eigenvalue weighted by atomic mass is 31.2. The van der Waals surface area contributed by atoms with Gasteiger partial charge in [0.15, 0.2) is 0 Å². The Hall–Kier alpha value is -2.13. The lowest BCUT2D eigenvalue weighted by Gasteiger charge is -2.34. The van der Waals surface area contributed by atoms with Gasteiger partial charge in [-0.2, -0.15) is 0 Å². The van der Waals surface area contributed by atoms with Crippen molar-refractivity contribution in [2.75, 3.05) is 6.61 Å². The van der Waals surface area contributed by atoms with Crippen LogP contribution in [0.2, 0.25) is 0 Å². The first-order chi connectivity index (χ1) is 25.6. The molecule has 54 heavy (non-hydrogen) atoms. The summed E-state index contributed by atoms with van der Waals surface area (Å²) in [5.74, 6) is 0.385. The number of carbonyl (C=O) groups excluding carboxylic acids is 1. The predicted octanol–water partition coefficient (Wildman–Crippen LogP) is 16.3. The van der Waals surface area contributed by atoms with Crippen LogP contribution < -0.4 is 9.05 Å². The average molecular weight is 771 g/mol. The molecule has 0 saturated heterocycles. The van der Waals surface area contributed by atoms with Gasteiger partial charge in [-0.05, 0) is 60.5 Å². The zero-order valence-electron chi connectivity index (χ0n) is 36.6. The van der Waals surface area contributed by atoms with Crippen molar-refractivity contribution in [1.82, 2.24) is 0 Å². The molecule has 0 aliphatic heterocycles. The van der Waals surface area contributed by atoms with Gasteiger partial charge in [0.25, 0.3) is 0 Å². The van der Waals surface area contributed by atoms with Crippen LogP contribution in [0.5, 0.6) is 11.5 Å². The molecule has 0 amide bonds. The fraction of sp³-hybridized carbons (Fsp3) is 0.729. The first-order valence-corrected chi connectivity index (χ1v) is 23.0. The van der Waals surface area contributed by atoms with Gasteiger partial charge in [-0.15, -0.1) is 4.20 Å². The van der Waals surface area contributed by atoms with Crippen molar-refractivity contribution in [3.63, 3.8) is 0 Å². The van der Waals surface area contributed by atoms with Gasteiger partial charge in [0.1, 0.15) is 11.5 Å². The van der Waals surface area contributed by atoms with Crippen molar-refractivity contribution in [3.8, 4) is 11.5 Å². The van der Waals surface area contributed by atoms with Crippen LogP contribution in [0.15, 0.2) is 36.4 Å². The lowest BCUT2D eigenvalue weighted by atomic mass is 9.74. The molecule has 0 aromatic heterocycles. The number of para-hydroxylation sites is 1. The van der Waals surface area contributed by atoms with Crippen LogP contribution in [-0.4, -0.2) is 12.6 Å². The minimum atomic E-state index is -2.79. The van der Waals surface area contributed by atoms with Crippen molar-refractivity contribution < 1.29 is 22.8 Å². The number of hydrogen-bond acceptors (Lipinski definition) is 4. The van der Waals surface area contributed by atoms with Gasteiger partial charge in [0.2, 0.25) is 0 Å². The van der Waals surface area contributed by atoms with Gasteiger partial charge in [-0.3, -0.25) is 4.79 Å². The quantitative estimate of drug-likeness (QED) is 0.0469. The van der Waals surface area contributed by atoms with Crippen molar-refractivity contribution in [3.05, 3.63) is 58.7 Å². The van der Waals surface area contributed by atoms with Crippen molar-refractivity contribution in [2.45, 2.75) is 220 Å². The first-order valence-electron chi connectivity index (χ1n) is 21.9. The third-order valence-electron chi connectivity index (χ3n) is 12.3. The Morgan fingerprint density at radius 2 is 1.02 bits per heavy atom. The summed E-state index contributed by atoms with van der Waals surface area (Å²) in [6.07, 6.45) is 23.5. The van der Waals surface area contributed by atoms with Crippen LogP contribution in [0, 0.1) is 0 Å². The van der Waals surface area contributed by atoms with E-state index >= 15 is 4.20 Å². The maximum absolute atomic E-state index is 16.1. The predicted molar refractivity (Wildman–Crippen MR) is 231 cm³/mol. The molecule has 0 spiro atoms. The first kappa shape index (κ1) is 48.0. The molecule has 0 saturated carbocycles. The van der Waals surface area contributed by atoms with E-state index < -0.39 is 14.6 Å². The van der Waals surface area contributed by atoms with Gasteiger partial charge in [0, 0.05) is 16.7 Å². The van der Waals surface area contributed by atoms with Crippen LogP contribution in [-0.2, 0) is 25.8 Å². The van der Waals surface area contributed by atoms with Crippen LogP contribution in [0.3, 0.4) is 0 Å². The second-order valence-electron chi connectivity index (χ2n) is 17.7. The molecule has 0 aliphatic carbocycles. The largest absolute Gasteiger partial charge is 0.505 e. The monoisotopic (exact) mass is 771 g/mol. The number of carbonyl (C=O) groups is 1. The van der Waals surface area contributed by atoms with E-state index in [0.29, 0.717) is 18.1 Å². The summed E-state index contributed by atoms with van der Waals surface area (Å²) in [7, 11) is -2.79. The van der Waals surface area contributed by atoms with Crippen LogP contribution in [0.4, 0.5) is 4.20 Å². The third-order valence-corrected chi connectivity index (χ3v) is 12.9. The van der Waals surface area contributed by atoms with Gasteiger partial charge in [-0.1, -0.05) is 196 Å². The Bertz CT molecular complexity index is 1310. The molecule has 4 nitrogen and oxygen atoms in total. The maximum Gasteiger partial charge on any atom is 0.505 e. The average Bonchev–Trinajstić information content (AvgIpc) is 3.15. The van der Waals surface area contributed by atoms with Crippen LogP contribution in [0.25, 0.3) is 0 Å². The Kier molecular flexibility index (Phi) is 21.8. The van der Waals surface area contributed by atoms with Crippen molar-refractivity contribution in [2.24, 2.45) is 0 Å². The normalized spacial score (nSPS) is 13.5. The Labute approximate surface area is 333 Å². The molecular weight excluding hydrogens is 690 g/mol. The summed E-state index contributed by atoms with van der Waals surface area (Å²) in [6.45, 7) is 24.0. The number of unbranched alkanes of at least 4 members (excludes halogenated alkanes) is 15. The Morgan fingerprint density at radius 1 is 0.611 bits per heavy atom. The van der Waals surface area contributed by atoms with E-state index in [2.05, 4.69) is 69.2 Å². The second kappa shape index (κ2) is 24.5. The molecule has 0 radical (unpaired) electrons. The van der Waals surface area contributed by atoms with Gasteiger partial charge in [-0.25, -0.2) is 0 Å². The molecule has 0 fully saturated rings. The van der Waals surface area contributed by atoms with Crippen LogP contribution in [0.1, 0.15) is 226 Å². The smallest absolute Gasteiger partial charge is 0.465 e. The summed E-state index contributed by atoms with van der Waals surface area (Å²) >= 11 is 0. The standard InChI is InChI=1S/C48H80FO4P/c1-12-16-17-18-19-20-21-22-23-24-25-26-27-28-29-32-35-51-45(50)38(5)39-36-41(47(8,9)14-3)44(42(37-39)48(10,11)15-4)53-54(49)52-43-34-31-30-33-40(43)46(6,7)13-2/h30-31,33-34,36-38H,12-29,32,35H2,1-11H3. The molecule has 2 aromatic rings. The van der Waals surface area contributed by atoms with Gasteiger partial charge < -0.3 is 13.8 Å². The summed E-state index contributed by atoms with van der Waals surface area (Å²) in [4.78, 5) is 13.4. The van der Waals surface area contributed by atoms with E-state index in [9.17, 15) is 4.79 Å². The van der Waals surface area contributed by atoms with E-state index in [1.54, 1.807) is 0 Å². The fourth-order valence-electron chi connectivity index (χ4n) is 6.93. The highest BCUT2D eigenvalue weighted by molar-refractivity contribution is 7.42. The molecule has 0 N–H and O–H groups in total. The lowest BCUT2D eigenvalue weighted by Crippen LogP contribution is -2.24. The number of hydrogen-bond donors (Lipinski definition) is 0. The molecule has 308 valence electrons. The van der Waals surface area contributed by atoms with E-state index in [4.69, 9.17) is 13.8 Å². The molecule has 2 aromatic carbocycles. The van der Waals surface area contributed by atoms with Crippen LogP contribution >= 0.6 is 8.69 Å². The van der Waals surface area contributed by atoms with E-state index in [1.807, 2.05) is 43.3 Å². The molecule has 2 atom stereocenters. The van der Waals surface area contributed by atoms with Crippen molar-refractivity contribution in [1.29, 1.82) is 0 Å². The minimum absolute atomic E-state index is 0.171. The molecule has 0 heterocycles. The van der Waals surface area contributed by atoms with Gasteiger partial charge in [0.05, 0.1) is 12.5 Å². The lowest BCUT2D eigenvalue weighted by molar-refractivity contribution is -0.145. The number of rotatable bonds is 29. The number of ether oxygens (including phenoxy) is 1. The summed E-state index contributed by atoms with van der Waals surface area (Å²) in [5.41, 5.74) is 2.80. The van der Waals surface area contributed by atoms with Crippen molar-refractivity contribution >= 4 is 14.7 Å². The Morgan fingerprint density at radius 3 is 1.46 bits per heavy atom. The number of benzene rings is 2. The zero-order valence-corrected chi connectivity index (χ0v) is 37.5. The highest BCUT2D eigenvalue weighted by Gasteiger charge is 2.35. The van der Waals surface area contributed by atoms with Gasteiger partial charge >= 0.3 is 14.7 Å². The summed E-state index contributed by atoms with van der Waals surface area (Å²) < 4.78 is 34.2. The zero-order chi connectivity index (χ0) is 40.2.